The van der Waals surface area contributed by atoms with Gasteiger partial charge in [0.2, 0.25) is 5.88 Å². The van der Waals surface area contributed by atoms with Crippen molar-refractivity contribution in [1.29, 1.82) is 0 Å². The largest absolute Gasteiger partial charge is 0.436 e. The Morgan fingerprint density at radius 2 is 1.83 bits per heavy atom. The molecule has 10 heteroatoms. The van der Waals surface area contributed by atoms with Crippen LogP contribution in [0.5, 0.6) is 11.6 Å². The Labute approximate surface area is 150 Å². The van der Waals surface area contributed by atoms with Gasteiger partial charge < -0.3 is 10.5 Å². The molecule has 1 aromatic carbocycles. The molecule has 0 radical (unpaired) electrons. The molecule has 4 nitrogen and oxygen atoms in total. The van der Waals surface area contributed by atoms with Crippen molar-refractivity contribution < 1.29 is 17.9 Å². The third-order valence-corrected chi connectivity index (χ3v) is 3.50. The number of nitrogens with two attached hydrogens (primary N) is 1. The van der Waals surface area contributed by atoms with Crippen LogP contribution in [0.25, 0.3) is 0 Å². The van der Waals surface area contributed by atoms with Gasteiger partial charge in [-0.05, 0) is 18.2 Å². The van der Waals surface area contributed by atoms with Gasteiger partial charge in [-0.1, -0.05) is 23.2 Å². The molecular formula is C14H9Cl3F3N3O. The first-order valence-electron chi connectivity index (χ1n) is 6.30. The van der Waals surface area contributed by atoms with Gasteiger partial charge in [0, 0.05) is 12.3 Å². The molecule has 2 N–H and O–H groups in total. The molecule has 2 aromatic rings. The summed E-state index contributed by atoms with van der Waals surface area (Å²) in [6, 6.07) is 4.75. The summed E-state index contributed by atoms with van der Waals surface area (Å²) in [7, 11) is 0. The molecule has 0 aliphatic rings. The number of hydrogen-bond donors (Lipinski definition) is 1. The van der Waals surface area contributed by atoms with E-state index in [0.29, 0.717) is 11.9 Å². The van der Waals surface area contributed by atoms with E-state index in [1.54, 1.807) is 0 Å². The van der Waals surface area contributed by atoms with Gasteiger partial charge in [-0.2, -0.15) is 13.2 Å². The monoisotopic (exact) mass is 397 g/mol. The zero-order chi connectivity index (χ0) is 17.9. The van der Waals surface area contributed by atoms with Crippen LogP contribution in [0.15, 0.2) is 35.5 Å². The molecule has 0 fully saturated rings. The average Bonchev–Trinajstić information content (AvgIpc) is 2.50. The highest BCUT2D eigenvalue weighted by atomic mass is 35.5. The first-order valence-corrected chi connectivity index (χ1v) is 7.59. The average molecular weight is 399 g/mol. The first-order chi connectivity index (χ1) is 11.2. The number of amidine groups is 1. The van der Waals surface area contributed by atoms with Crippen LogP contribution in [0.4, 0.5) is 18.9 Å². The van der Waals surface area contributed by atoms with Crippen molar-refractivity contribution in [3.63, 3.8) is 0 Å². The highest BCUT2D eigenvalue weighted by molar-refractivity contribution is 6.37. The maximum absolute atomic E-state index is 12.5. The number of benzene rings is 1. The van der Waals surface area contributed by atoms with Crippen LogP contribution in [-0.4, -0.2) is 16.7 Å². The minimum absolute atomic E-state index is 0.0307. The lowest BCUT2D eigenvalue weighted by Gasteiger charge is -2.11. The fourth-order valence-corrected chi connectivity index (χ4v) is 2.23. The van der Waals surface area contributed by atoms with E-state index < -0.39 is 11.7 Å². The van der Waals surface area contributed by atoms with Crippen molar-refractivity contribution in [1.82, 2.24) is 4.98 Å². The van der Waals surface area contributed by atoms with Crippen LogP contribution in [-0.2, 0) is 6.18 Å². The summed E-state index contributed by atoms with van der Waals surface area (Å²) in [5.41, 5.74) is 4.98. The summed E-state index contributed by atoms with van der Waals surface area (Å²) in [6.07, 6.45) is -3.83. The Morgan fingerprint density at radius 3 is 2.29 bits per heavy atom. The summed E-state index contributed by atoms with van der Waals surface area (Å²) >= 11 is 17.6. The molecule has 0 saturated heterocycles. The van der Waals surface area contributed by atoms with Gasteiger partial charge in [-0.25, -0.2) is 9.98 Å². The van der Waals surface area contributed by atoms with Gasteiger partial charge in [-0.15, -0.1) is 11.6 Å². The van der Waals surface area contributed by atoms with E-state index in [2.05, 4.69) is 9.98 Å². The third kappa shape index (κ3) is 4.66. The van der Waals surface area contributed by atoms with Gasteiger partial charge >= 0.3 is 6.18 Å². The SMILES string of the molecule is NC(CCl)=Nc1cc(Cl)c(Oc2ccc(C(F)(F)F)cn2)c(Cl)c1. The Hall–Kier alpha value is -1.70. The molecule has 1 aromatic heterocycles. The number of halogens is 6. The predicted molar refractivity (Wildman–Crippen MR) is 87.8 cm³/mol. The molecule has 0 amide bonds. The Kier molecular flexibility index (Phi) is 5.79. The highest BCUT2D eigenvalue weighted by Gasteiger charge is 2.30. The minimum Gasteiger partial charge on any atom is -0.436 e. The number of aliphatic imine (C=N–C) groups is 1. The standard InChI is InChI=1S/C14H9Cl3F3N3O/c15-5-11(21)23-8-3-9(16)13(10(17)4-8)24-12-2-1-7(6-22-12)14(18,19)20/h1-4,6H,5H2,(H2,21,23). The molecule has 0 spiro atoms. The molecule has 128 valence electrons. The summed E-state index contributed by atoms with van der Waals surface area (Å²) in [4.78, 5) is 7.57. The van der Waals surface area contributed by atoms with Crippen molar-refractivity contribution in [3.05, 3.63) is 46.1 Å². The highest BCUT2D eigenvalue weighted by Crippen LogP contribution is 2.39. The van der Waals surface area contributed by atoms with Gasteiger partial charge in [-0.3, -0.25) is 0 Å². The van der Waals surface area contributed by atoms with E-state index in [1.807, 2.05) is 0 Å². The second kappa shape index (κ2) is 7.46. The second-order valence-electron chi connectivity index (χ2n) is 4.46. The number of nitrogens with zero attached hydrogens (tertiary/aromatic N) is 2. The lowest BCUT2D eigenvalue weighted by Crippen LogP contribution is -2.12. The molecule has 0 bridgehead atoms. The zero-order valence-electron chi connectivity index (χ0n) is 11.7. The molecule has 2 rings (SSSR count). The van der Waals surface area contributed by atoms with E-state index >= 15 is 0 Å². The van der Waals surface area contributed by atoms with Crippen molar-refractivity contribution in [2.75, 3.05) is 5.88 Å². The smallest absolute Gasteiger partial charge is 0.417 e. The van der Waals surface area contributed by atoms with Crippen LogP contribution in [0, 0.1) is 0 Å². The van der Waals surface area contributed by atoms with Crippen LogP contribution < -0.4 is 10.5 Å². The van der Waals surface area contributed by atoms with Crippen LogP contribution in [0.2, 0.25) is 10.0 Å². The Balaban J connectivity index is 2.27. The van der Waals surface area contributed by atoms with Gasteiger partial charge in [0.1, 0.15) is 5.84 Å². The van der Waals surface area contributed by atoms with Crippen molar-refractivity contribution in [3.8, 4) is 11.6 Å². The lowest BCUT2D eigenvalue weighted by molar-refractivity contribution is -0.137. The topological polar surface area (TPSA) is 60.5 Å². The van der Waals surface area contributed by atoms with Crippen LogP contribution in [0.1, 0.15) is 5.56 Å². The van der Waals surface area contributed by atoms with Crippen molar-refractivity contribution in [2.45, 2.75) is 6.18 Å². The summed E-state index contributed by atoms with van der Waals surface area (Å²) in [5, 5.41) is 0.177. The van der Waals surface area contributed by atoms with Gasteiger partial charge in [0.25, 0.3) is 0 Å². The minimum atomic E-state index is -4.48. The van der Waals surface area contributed by atoms with E-state index in [4.69, 9.17) is 45.3 Å². The first kappa shape index (κ1) is 18.6. The third-order valence-electron chi connectivity index (χ3n) is 2.66. The van der Waals surface area contributed by atoms with Gasteiger partial charge in [0.15, 0.2) is 5.75 Å². The molecule has 0 atom stereocenters. The predicted octanol–water partition coefficient (Wildman–Crippen LogP) is 5.43. The molecule has 24 heavy (non-hydrogen) atoms. The Bertz CT molecular complexity index is 741. The Morgan fingerprint density at radius 1 is 1.21 bits per heavy atom. The fourth-order valence-electron chi connectivity index (χ4n) is 1.62. The number of rotatable bonds is 4. The van der Waals surface area contributed by atoms with E-state index in [0.717, 1.165) is 12.1 Å². The number of alkyl halides is 4. The zero-order valence-corrected chi connectivity index (χ0v) is 14.0. The van der Waals surface area contributed by atoms with E-state index in [1.165, 1.54) is 12.1 Å². The summed E-state index contributed by atoms with van der Waals surface area (Å²) in [6.45, 7) is 0. The molecule has 0 saturated carbocycles. The number of aromatic nitrogens is 1. The number of ether oxygens (including phenoxy) is 1. The number of pyridine rings is 1. The molecular weight excluding hydrogens is 390 g/mol. The van der Waals surface area contributed by atoms with E-state index in [-0.39, 0.29) is 33.4 Å². The maximum atomic E-state index is 12.5. The second-order valence-corrected chi connectivity index (χ2v) is 5.54. The summed E-state index contributed by atoms with van der Waals surface area (Å²) in [5.74, 6) is 0.141. The maximum Gasteiger partial charge on any atom is 0.417 e. The summed E-state index contributed by atoms with van der Waals surface area (Å²) < 4.78 is 42.8. The molecule has 1 heterocycles. The molecule has 0 unspecified atom stereocenters. The molecule has 0 aliphatic carbocycles. The molecule has 0 aliphatic heterocycles. The van der Waals surface area contributed by atoms with Crippen molar-refractivity contribution >= 4 is 46.3 Å². The lowest BCUT2D eigenvalue weighted by atomic mass is 10.3. The fraction of sp³-hybridized carbons (Fsp3) is 0.143. The quantitative estimate of drug-likeness (QED) is 0.424. The van der Waals surface area contributed by atoms with E-state index in [9.17, 15) is 13.2 Å². The number of hydrogen-bond acceptors (Lipinski definition) is 3. The normalized spacial score (nSPS) is 12.3. The van der Waals surface area contributed by atoms with Crippen molar-refractivity contribution in [2.24, 2.45) is 10.7 Å². The van der Waals surface area contributed by atoms with Gasteiger partial charge in [0.05, 0.1) is 27.2 Å². The van der Waals surface area contributed by atoms with Crippen LogP contribution >= 0.6 is 34.8 Å². The van der Waals surface area contributed by atoms with Crippen LogP contribution in [0.3, 0.4) is 0 Å².